The summed E-state index contributed by atoms with van der Waals surface area (Å²) in [7, 11) is 0. The molecule has 8 nitrogen and oxygen atoms in total. The lowest BCUT2D eigenvalue weighted by molar-refractivity contribution is -0.0931. The van der Waals surface area contributed by atoms with Gasteiger partial charge in [0, 0.05) is 60.8 Å². The van der Waals surface area contributed by atoms with Crippen molar-refractivity contribution < 1.29 is 23.0 Å². The normalized spacial score (nSPS) is 21.8. The van der Waals surface area contributed by atoms with Crippen LogP contribution in [0.4, 0.5) is 19.1 Å². The van der Waals surface area contributed by atoms with Crippen LogP contribution in [0, 0.1) is 5.82 Å². The Bertz CT molecular complexity index is 1360. The van der Waals surface area contributed by atoms with Gasteiger partial charge in [0.1, 0.15) is 5.69 Å². The number of anilines is 1. The van der Waals surface area contributed by atoms with Gasteiger partial charge in [-0.25, -0.2) is 23.1 Å². The van der Waals surface area contributed by atoms with Crippen LogP contribution in [0.1, 0.15) is 44.8 Å². The van der Waals surface area contributed by atoms with Crippen LogP contribution in [0.25, 0.3) is 22.2 Å². The molecule has 1 aliphatic carbocycles. The van der Waals surface area contributed by atoms with E-state index >= 15 is 0 Å². The van der Waals surface area contributed by atoms with Crippen molar-refractivity contribution in [3.8, 4) is 11.3 Å². The van der Waals surface area contributed by atoms with E-state index in [2.05, 4.69) is 20.6 Å². The quantitative estimate of drug-likeness (QED) is 0.440. The third kappa shape index (κ3) is 5.34. The molecule has 0 amide bonds. The fourth-order valence-electron chi connectivity index (χ4n) is 5.04. The molecule has 1 aliphatic heterocycles. The number of halogens is 3. The third-order valence-corrected chi connectivity index (χ3v) is 6.97. The van der Waals surface area contributed by atoms with Crippen LogP contribution in [0.15, 0.2) is 35.3 Å². The minimum absolute atomic E-state index is 0.0551. The SMILES string of the molecule is CC(C)n1c(CNC2CC(F)(F)C2)cc(=O)c2ccc(-c3nc(N[C@@H]4CCOC[C@H]4O)ncc3F)cc21. The summed E-state index contributed by atoms with van der Waals surface area (Å²) in [6.07, 6.45) is 0.467. The molecule has 0 radical (unpaired) electrons. The van der Waals surface area contributed by atoms with E-state index in [9.17, 15) is 23.1 Å². The Morgan fingerprint density at radius 1 is 1.27 bits per heavy atom. The largest absolute Gasteiger partial charge is 0.389 e. The predicted molar refractivity (Wildman–Crippen MR) is 133 cm³/mol. The number of benzene rings is 1. The molecule has 0 unspecified atom stereocenters. The average Bonchev–Trinajstić information content (AvgIpc) is 2.83. The number of aliphatic hydroxyl groups is 1. The van der Waals surface area contributed by atoms with E-state index < -0.39 is 17.8 Å². The van der Waals surface area contributed by atoms with E-state index in [1.807, 2.05) is 18.4 Å². The molecule has 2 fully saturated rings. The number of fused-ring (bicyclic) bond motifs is 1. The molecule has 0 spiro atoms. The van der Waals surface area contributed by atoms with Crippen molar-refractivity contribution in [2.24, 2.45) is 0 Å². The van der Waals surface area contributed by atoms with Gasteiger partial charge in [-0.05, 0) is 32.4 Å². The van der Waals surface area contributed by atoms with E-state index in [4.69, 9.17) is 4.74 Å². The number of alkyl halides is 2. The standard InChI is InChI=1S/C26H30F3N5O3/c1-14(2)34-17(11-30-16-9-26(28,29)10-16)8-22(35)18-4-3-15(7-21(18)34)24-19(27)12-31-25(33-24)32-20-5-6-37-13-23(20)36/h3-4,7-8,12,14,16,20,23,30,36H,5-6,9-11,13H2,1-2H3,(H,31,32,33)/t20-,23-/m1/s1. The van der Waals surface area contributed by atoms with E-state index in [1.165, 1.54) is 6.07 Å². The van der Waals surface area contributed by atoms with Gasteiger partial charge < -0.3 is 25.0 Å². The highest BCUT2D eigenvalue weighted by Gasteiger charge is 2.45. The predicted octanol–water partition coefficient (Wildman–Crippen LogP) is 3.63. The maximum Gasteiger partial charge on any atom is 0.251 e. The smallest absolute Gasteiger partial charge is 0.251 e. The van der Waals surface area contributed by atoms with Crippen LogP contribution in [-0.4, -0.2) is 57.0 Å². The lowest BCUT2D eigenvalue weighted by atomic mass is 9.88. The van der Waals surface area contributed by atoms with Crippen LogP contribution in [-0.2, 0) is 11.3 Å². The first-order valence-electron chi connectivity index (χ1n) is 12.5. The molecular weight excluding hydrogens is 487 g/mol. The monoisotopic (exact) mass is 517 g/mol. The number of hydrogen-bond donors (Lipinski definition) is 3. The molecule has 2 aliphatic rings. The van der Waals surface area contributed by atoms with Gasteiger partial charge in [0.05, 0.1) is 30.5 Å². The molecule has 0 bridgehead atoms. The summed E-state index contributed by atoms with van der Waals surface area (Å²) < 4.78 is 48.6. The van der Waals surface area contributed by atoms with Crippen LogP contribution < -0.4 is 16.1 Å². The zero-order chi connectivity index (χ0) is 26.3. The lowest BCUT2D eigenvalue weighted by Gasteiger charge is -2.36. The Balaban J connectivity index is 1.49. The maximum atomic E-state index is 14.9. The van der Waals surface area contributed by atoms with Crippen molar-refractivity contribution >= 4 is 16.9 Å². The summed E-state index contributed by atoms with van der Waals surface area (Å²) in [5, 5.41) is 16.8. The first-order valence-corrected chi connectivity index (χ1v) is 12.5. The summed E-state index contributed by atoms with van der Waals surface area (Å²) in [4.78, 5) is 21.3. The summed E-state index contributed by atoms with van der Waals surface area (Å²) in [6.45, 7) is 4.87. The minimum atomic E-state index is -2.63. The van der Waals surface area contributed by atoms with Crippen molar-refractivity contribution in [2.75, 3.05) is 18.5 Å². The van der Waals surface area contributed by atoms with Crippen LogP contribution in [0.3, 0.4) is 0 Å². The topological polar surface area (TPSA) is 101 Å². The first kappa shape index (κ1) is 25.6. The highest BCUT2D eigenvalue weighted by atomic mass is 19.3. The Kier molecular flexibility index (Phi) is 6.95. The van der Waals surface area contributed by atoms with Gasteiger partial charge in [-0.1, -0.05) is 6.07 Å². The zero-order valence-electron chi connectivity index (χ0n) is 20.7. The number of ether oxygens (including phenoxy) is 1. The summed E-state index contributed by atoms with van der Waals surface area (Å²) in [5.74, 6) is -3.08. The average molecular weight is 518 g/mol. The molecule has 1 aromatic carbocycles. The molecule has 1 saturated carbocycles. The van der Waals surface area contributed by atoms with E-state index in [-0.39, 0.29) is 61.2 Å². The number of pyridine rings is 1. The molecule has 3 aromatic rings. The molecule has 2 atom stereocenters. The number of hydrogen-bond acceptors (Lipinski definition) is 7. The molecule has 1 saturated heterocycles. The Labute approximate surface area is 211 Å². The zero-order valence-corrected chi connectivity index (χ0v) is 20.7. The Morgan fingerprint density at radius 3 is 2.76 bits per heavy atom. The molecule has 37 heavy (non-hydrogen) atoms. The highest BCUT2D eigenvalue weighted by molar-refractivity contribution is 5.84. The summed E-state index contributed by atoms with van der Waals surface area (Å²) in [6, 6.07) is 5.85. The van der Waals surface area contributed by atoms with Crippen molar-refractivity contribution in [3.63, 3.8) is 0 Å². The fourth-order valence-corrected chi connectivity index (χ4v) is 5.04. The molecule has 3 N–H and O–H groups in total. The van der Waals surface area contributed by atoms with Gasteiger partial charge in [0.2, 0.25) is 5.95 Å². The maximum absolute atomic E-state index is 14.9. The van der Waals surface area contributed by atoms with Gasteiger partial charge in [-0.15, -0.1) is 0 Å². The van der Waals surface area contributed by atoms with E-state index in [0.717, 1.165) is 6.20 Å². The second-order valence-corrected chi connectivity index (χ2v) is 10.1. The molecule has 2 aromatic heterocycles. The van der Waals surface area contributed by atoms with Crippen LogP contribution in [0.5, 0.6) is 0 Å². The molecule has 198 valence electrons. The molecule has 11 heteroatoms. The highest BCUT2D eigenvalue weighted by Crippen LogP contribution is 2.37. The van der Waals surface area contributed by atoms with Crippen LogP contribution >= 0.6 is 0 Å². The molecular formula is C26H30F3N5O3. The van der Waals surface area contributed by atoms with Crippen molar-refractivity contribution in [1.82, 2.24) is 19.9 Å². The van der Waals surface area contributed by atoms with Crippen LogP contribution in [0.2, 0.25) is 0 Å². The number of aromatic nitrogens is 3. The van der Waals surface area contributed by atoms with Crippen molar-refractivity contribution in [3.05, 3.63) is 52.2 Å². The summed E-state index contributed by atoms with van der Waals surface area (Å²) >= 11 is 0. The third-order valence-electron chi connectivity index (χ3n) is 6.97. The second kappa shape index (κ2) is 10.0. The van der Waals surface area contributed by atoms with Crippen molar-refractivity contribution in [1.29, 1.82) is 0 Å². The van der Waals surface area contributed by atoms with E-state index in [1.54, 1.807) is 18.2 Å². The van der Waals surface area contributed by atoms with E-state index in [0.29, 0.717) is 35.2 Å². The van der Waals surface area contributed by atoms with Gasteiger partial charge in [0.15, 0.2) is 11.2 Å². The van der Waals surface area contributed by atoms with Crippen molar-refractivity contribution in [2.45, 2.75) is 69.8 Å². The minimum Gasteiger partial charge on any atom is -0.389 e. The Morgan fingerprint density at radius 2 is 2.05 bits per heavy atom. The van der Waals surface area contributed by atoms with Gasteiger partial charge in [-0.3, -0.25) is 4.79 Å². The second-order valence-electron chi connectivity index (χ2n) is 10.1. The van der Waals surface area contributed by atoms with Gasteiger partial charge >= 0.3 is 0 Å². The number of nitrogens with one attached hydrogen (secondary N) is 2. The molecule has 3 heterocycles. The fraction of sp³-hybridized carbons (Fsp3) is 0.500. The lowest BCUT2D eigenvalue weighted by Crippen LogP contribution is -2.48. The first-order chi connectivity index (χ1) is 17.6. The number of nitrogens with zero attached hydrogens (tertiary/aromatic N) is 3. The van der Waals surface area contributed by atoms with Gasteiger partial charge in [-0.2, -0.15) is 0 Å². The molecule has 5 rings (SSSR count). The number of rotatable bonds is 7. The number of aliphatic hydroxyl groups excluding tert-OH is 1. The summed E-state index contributed by atoms with van der Waals surface area (Å²) in [5.41, 5.74) is 1.58. The van der Waals surface area contributed by atoms with Gasteiger partial charge in [0.25, 0.3) is 5.92 Å². The Hall–Kier alpha value is -3.02.